The molecule has 2 aromatic carbocycles. The third-order valence-corrected chi connectivity index (χ3v) is 8.67. The number of nitriles is 1. The molecule has 0 bridgehead atoms. The Labute approximate surface area is 218 Å². The lowest BCUT2D eigenvalue weighted by molar-refractivity contribution is 0.203. The van der Waals surface area contributed by atoms with E-state index in [2.05, 4.69) is 54.9 Å². The van der Waals surface area contributed by atoms with Crippen molar-refractivity contribution in [3.8, 4) is 11.8 Å². The van der Waals surface area contributed by atoms with Crippen LogP contribution in [0.25, 0.3) is 4.91 Å². The molecule has 0 spiro atoms. The molecule has 2 aromatic rings. The maximum absolute atomic E-state index is 12.8. The number of nitrogens with zero attached hydrogens (tertiary/aromatic N) is 2. The summed E-state index contributed by atoms with van der Waals surface area (Å²) < 4.78 is 5.81. The van der Waals surface area contributed by atoms with Crippen molar-refractivity contribution < 1.29 is 9.53 Å². The van der Waals surface area contributed by atoms with Crippen molar-refractivity contribution in [2.24, 2.45) is 5.92 Å². The van der Waals surface area contributed by atoms with Crippen LogP contribution in [0.5, 0.6) is 5.75 Å². The van der Waals surface area contributed by atoms with Gasteiger partial charge in [0.2, 0.25) is 0 Å². The Morgan fingerprint density at radius 2 is 2.14 bits per heavy atom. The number of carbonyl (C=O) groups excluding carboxylic acids is 1. The average molecular weight is 503 g/mol. The lowest BCUT2D eigenvalue weighted by Crippen LogP contribution is -2.39. The van der Waals surface area contributed by atoms with Crippen LogP contribution in [0.4, 0.5) is 4.79 Å². The fraction of sp³-hybridized carbons (Fsp3) is 0.448. The first-order valence-corrected chi connectivity index (χ1v) is 13.6. The van der Waals surface area contributed by atoms with Crippen LogP contribution in [0.1, 0.15) is 74.4 Å². The zero-order chi connectivity index (χ0) is 25.4. The summed E-state index contributed by atoms with van der Waals surface area (Å²) in [6, 6.07) is 14.7. The number of amides is 2. The monoisotopic (exact) mass is 502 g/mol. The normalized spacial score (nSPS) is 24.8. The third kappa shape index (κ3) is 4.67. The van der Waals surface area contributed by atoms with Crippen molar-refractivity contribution in [3.05, 3.63) is 70.4 Å². The second-order valence-corrected chi connectivity index (χ2v) is 12.0. The van der Waals surface area contributed by atoms with Crippen LogP contribution in [0.15, 0.2) is 42.6 Å². The smallest absolute Gasteiger partial charge is 0.317 e. The lowest BCUT2D eigenvalue weighted by Gasteiger charge is -2.26. The number of hydrogen-bond donors (Lipinski definition) is 2. The fourth-order valence-corrected chi connectivity index (χ4v) is 6.64. The van der Waals surface area contributed by atoms with E-state index in [-0.39, 0.29) is 18.2 Å². The van der Waals surface area contributed by atoms with Gasteiger partial charge in [0.25, 0.3) is 0 Å². The van der Waals surface area contributed by atoms with E-state index in [1.807, 2.05) is 36.9 Å². The van der Waals surface area contributed by atoms with Crippen LogP contribution in [-0.2, 0) is 11.3 Å². The summed E-state index contributed by atoms with van der Waals surface area (Å²) in [7, 11) is 0. The van der Waals surface area contributed by atoms with Gasteiger partial charge in [0.1, 0.15) is 16.7 Å². The average Bonchev–Trinajstić information content (AvgIpc) is 3.58. The Balaban J connectivity index is 1.33. The Morgan fingerprint density at radius 1 is 1.31 bits per heavy atom. The first kappa shape index (κ1) is 24.6. The second-order valence-electron chi connectivity index (χ2n) is 10.5. The highest BCUT2D eigenvalue weighted by Crippen LogP contribution is 2.50. The molecule has 2 amide bonds. The van der Waals surface area contributed by atoms with Gasteiger partial charge < -0.3 is 20.3 Å². The molecule has 1 fully saturated rings. The standard InChI is InChI=1S/C29H34N4O2S/c1-18(2)35-26-11-8-21(14-20(26)15-30)29(4)31-16-27(36-29)24-7-5-6-23-22(24)9-10-25(23)32-28(34)33-13-12-19(3)17-33/h5-8,11,14,16,18-19,25,31H,9-10,12-13,17H2,1-4H3,(H,32,34)/t19-,25-,29?/m0/s1. The van der Waals surface area contributed by atoms with Gasteiger partial charge in [-0.1, -0.05) is 43.0 Å². The Bertz CT molecular complexity index is 1250. The molecule has 188 valence electrons. The molecule has 3 atom stereocenters. The van der Waals surface area contributed by atoms with Gasteiger partial charge in [-0.25, -0.2) is 4.79 Å². The Hall–Kier alpha value is -3.11. The molecular weight excluding hydrogens is 468 g/mol. The highest BCUT2D eigenvalue weighted by molar-refractivity contribution is 8.09. The van der Waals surface area contributed by atoms with Gasteiger partial charge in [-0.3, -0.25) is 0 Å². The molecule has 1 unspecified atom stereocenters. The Morgan fingerprint density at radius 3 is 2.86 bits per heavy atom. The minimum atomic E-state index is -0.390. The van der Waals surface area contributed by atoms with E-state index in [1.165, 1.54) is 21.6 Å². The molecular formula is C29H34N4O2S. The molecule has 2 N–H and O–H groups in total. The van der Waals surface area contributed by atoms with Crippen molar-refractivity contribution in [2.75, 3.05) is 13.1 Å². The number of likely N-dealkylation sites (tertiary alicyclic amines) is 1. The first-order valence-electron chi connectivity index (χ1n) is 12.8. The predicted molar refractivity (Wildman–Crippen MR) is 144 cm³/mol. The number of urea groups is 1. The van der Waals surface area contributed by atoms with E-state index in [0.29, 0.717) is 17.2 Å². The Kier molecular flexibility index (Phi) is 6.65. The van der Waals surface area contributed by atoms with Gasteiger partial charge in [0.15, 0.2) is 0 Å². The molecule has 3 aliphatic rings. The van der Waals surface area contributed by atoms with Crippen LogP contribution in [0.2, 0.25) is 0 Å². The van der Waals surface area contributed by atoms with E-state index in [4.69, 9.17) is 4.74 Å². The molecule has 5 rings (SSSR count). The topological polar surface area (TPSA) is 77.4 Å². The summed E-state index contributed by atoms with van der Waals surface area (Å²) in [5.41, 5.74) is 5.35. The van der Waals surface area contributed by atoms with Gasteiger partial charge in [-0.05, 0) is 80.3 Å². The van der Waals surface area contributed by atoms with Crippen LogP contribution >= 0.6 is 11.8 Å². The van der Waals surface area contributed by atoms with Crippen LogP contribution in [0.3, 0.4) is 0 Å². The van der Waals surface area contributed by atoms with Gasteiger partial charge in [0, 0.05) is 24.2 Å². The van der Waals surface area contributed by atoms with Gasteiger partial charge >= 0.3 is 6.03 Å². The maximum atomic E-state index is 12.8. The number of hydrogen-bond acceptors (Lipinski definition) is 5. The van der Waals surface area contributed by atoms with Crippen molar-refractivity contribution >= 4 is 22.7 Å². The van der Waals surface area contributed by atoms with Crippen molar-refractivity contribution in [1.82, 2.24) is 15.5 Å². The number of thioether (sulfide) groups is 1. The van der Waals surface area contributed by atoms with E-state index >= 15 is 0 Å². The van der Waals surface area contributed by atoms with Gasteiger partial charge in [-0.2, -0.15) is 5.26 Å². The lowest BCUT2D eigenvalue weighted by atomic mass is 10.0. The van der Waals surface area contributed by atoms with Gasteiger partial charge in [0.05, 0.1) is 17.7 Å². The van der Waals surface area contributed by atoms with Crippen molar-refractivity contribution in [3.63, 3.8) is 0 Å². The summed E-state index contributed by atoms with van der Waals surface area (Å²) in [5, 5.41) is 16.5. The van der Waals surface area contributed by atoms with Crippen LogP contribution in [0, 0.1) is 17.2 Å². The zero-order valence-electron chi connectivity index (χ0n) is 21.4. The van der Waals surface area contributed by atoms with E-state index in [9.17, 15) is 10.1 Å². The molecule has 2 heterocycles. The van der Waals surface area contributed by atoms with Crippen molar-refractivity contribution in [1.29, 1.82) is 5.26 Å². The van der Waals surface area contributed by atoms with E-state index in [1.54, 1.807) is 11.8 Å². The molecule has 0 radical (unpaired) electrons. The van der Waals surface area contributed by atoms with Crippen LogP contribution in [-0.4, -0.2) is 30.1 Å². The summed E-state index contributed by atoms with van der Waals surface area (Å²) in [6.07, 6.45) is 5.05. The highest BCUT2D eigenvalue weighted by Gasteiger charge is 2.36. The zero-order valence-corrected chi connectivity index (χ0v) is 22.2. The number of fused-ring (bicyclic) bond motifs is 1. The molecule has 0 saturated carbocycles. The molecule has 7 heteroatoms. The number of ether oxygens (including phenoxy) is 1. The molecule has 1 saturated heterocycles. The summed E-state index contributed by atoms with van der Waals surface area (Å²) in [6.45, 7) is 9.96. The summed E-state index contributed by atoms with van der Waals surface area (Å²) >= 11 is 1.76. The largest absolute Gasteiger partial charge is 0.490 e. The first-order chi connectivity index (χ1) is 17.3. The number of rotatable bonds is 5. The third-order valence-electron chi connectivity index (χ3n) is 7.35. The maximum Gasteiger partial charge on any atom is 0.317 e. The molecule has 36 heavy (non-hydrogen) atoms. The molecule has 1 aliphatic carbocycles. The number of nitrogens with one attached hydrogen (secondary N) is 2. The van der Waals surface area contributed by atoms with Crippen molar-refractivity contribution in [2.45, 2.75) is 64.0 Å². The van der Waals surface area contributed by atoms with E-state index < -0.39 is 4.87 Å². The number of carbonyl (C=O) groups is 1. The van der Waals surface area contributed by atoms with Crippen LogP contribution < -0.4 is 15.4 Å². The van der Waals surface area contributed by atoms with Gasteiger partial charge in [-0.15, -0.1) is 0 Å². The molecule has 0 aromatic heterocycles. The summed E-state index contributed by atoms with van der Waals surface area (Å²) in [5.74, 6) is 1.20. The summed E-state index contributed by atoms with van der Waals surface area (Å²) in [4.78, 5) is 15.6. The molecule has 6 nitrogen and oxygen atoms in total. The fourth-order valence-electron chi connectivity index (χ4n) is 5.42. The highest BCUT2D eigenvalue weighted by atomic mass is 32.2. The SMILES string of the molecule is CC(C)Oc1ccc(C2(C)NC=C(c3cccc4c3CC[C@@H]4NC(=O)N3CC[C@H](C)C3)S2)cc1C#N. The number of benzene rings is 2. The van der Waals surface area contributed by atoms with E-state index in [0.717, 1.165) is 37.9 Å². The predicted octanol–water partition coefficient (Wildman–Crippen LogP) is 5.89. The minimum Gasteiger partial charge on any atom is -0.490 e. The molecule has 2 aliphatic heterocycles. The quantitative estimate of drug-likeness (QED) is 0.533. The second kappa shape index (κ2) is 9.74. The minimum absolute atomic E-state index is 0.0125.